The van der Waals surface area contributed by atoms with Crippen molar-refractivity contribution in [3.63, 3.8) is 0 Å². The third kappa shape index (κ3) is 1.06. The predicted octanol–water partition coefficient (Wildman–Crippen LogP) is -0.494. The Bertz CT molecular complexity index is 159. The van der Waals surface area contributed by atoms with Crippen LogP contribution in [0.4, 0.5) is 0 Å². The van der Waals surface area contributed by atoms with Crippen LogP contribution in [0, 0.1) is 0 Å². The van der Waals surface area contributed by atoms with E-state index in [0.717, 1.165) is 0 Å². The fourth-order valence-corrected chi connectivity index (χ4v) is 1.60. The molecule has 64 valence electrons. The van der Waals surface area contributed by atoms with E-state index in [1.165, 1.54) is 0 Å². The van der Waals surface area contributed by atoms with Gasteiger partial charge in [-0.1, -0.05) is 0 Å². The third-order valence-corrected chi connectivity index (χ3v) is 2.26. The van der Waals surface area contributed by atoms with Gasteiger partial charge < -0.3 is 19.3 Å². The van der Waals surface area contributed by atoms with Crippen molar-refractivity contribution < 1.29 is 19.3 Å². The smallest absolute Gasteiger partial charge is 0.184 e. The van der Waals surface area contributed by atoms with Gasteiger partial charge in [-0.3, -0.25) is 0 Å². The number of hydrogen-bond donors (Lipinski definition) is 1. The minimum Gasteiger partial charge on any atom is -0.376 e. The quantitative estimate of drug-likeness (QED) is 0.526. The van der Waals surface area contributed by atoms with E-state index in [4.69, 9.17) is 14.2 Å². The maximum Gasteiger partial charge on any atom is 0.184 e. The van der Waals surface area contributed by atoms with Gasteiger partial charge in [0.15, 0.2) is 6.29 Å². The highest BCUT2D eigenvalue weighted by Crippen LogP contribution is 2.37. The Kier molecular flexibility index (Phi) is 1.64. The molecular formula is C7H12O4. The van der Waals surface area contributed by atoms with Crippen molar-refractivity contribution in [1.29, 1.82) is 0 Å². The van der Waals surface area contributed by atoms with E-state index in [-0.39, 0.29) is 24.4 Å². The Morgan fingerprint density at radius 3 is 2.64 bits per heavy atom. The SMILES string of the molecule is CO[C@@H]1[C@H]2O[C@H]2[C@@H](O)O[C@@H]1C. The summed E-state index contributed by atoms with van der Waals surface area (Å²) in [6, 6.07) is 0. The average Bonchev–Trinajstić information content (AvgIpc) is 2.67. The van der Waals surface area contributed by atoms with Crippen molar-refractivity contribution in [2.45, 2.75) is 37.6 Å². The van der Waals surface area contributed by atoms with Gasteiger partial charge in [0, 0.05) is 7.11 Å². The molecule has 0 bridgehead atoms. The monoisotopic (exact) mass is 160 g/mol. The summed E-state index contributed by atoms with van der Waals surface area (Å²) in [4.78, 5) is 0. The topological polar surface area (TPSA) is 51.2 Å². The molecule has 0 unspecified atom stereocenters. The molecule has 2 fully saturated rings. The van der Waals surface area contributed by atoms with Gasteiger partial charge >= 0.3 is 0 Å². The molecule has 4 heteroatoms. The summed E-state index contributed by atoms with van der Waals surface area (Å²) in [5.41, 5.74) is 0. The molecule has 2 aliphatic heterocycles. The van der Waals surface area contributed by atoms with Crippen molar-refractivity contribution in [2.24, 2.45) is 0 Å². The van der Waals surface area contributed by atoms with E-state index in [2.05, 4.69) is 0 Å². The number of fused-ring (bicyclic) bond motifs is 1. The highest BCUT2D eigenvalue weighted by Gasteiger charge is 2.56. The van der Waals surface area contributed by atoms with Gasteiger partial charge in [0.25, 0.3) is 0 Å². The molecule has 0 spiro atoms. The number of aliphatic hydroxyl groups excluding tert-OH is 1. The average molecular weight is 160 g/mol. The van der Waals surface area contributed by atoms with E-state index in [0.29, 0.717) is 0 Å². The lowest BCUT2D eigenvalue weighted by atomic mass is 10.1. The van der Waals surface area contributed by atoms with Gasteiger partial charge in [0.1, 0.15) is 18.3 Å². The molecule has 0 aromatic carbocycles. The summed E-state index contributed by atoms with van der Waals surface area (Å²) in [5, 5.41) is 9.20. The van der Waals surface area contributed by atoms with Gasteiger partial charge in [-0.25, -0.2) is 0 Å². The number of epoxide rings is 1. The Morgan fingerprint density at radius 1 is 1.27 bits per heavy atom. The number of aliphatic hydroxyl groups is 1. The van der Waals surface area contributed by atoms with Crippen LogP contribution in [0.25, 0.3) is 0 Å². The first-order chi connectivity index (χ1) is 5.24. The van der Waals surface area contributed by atoms with Crippen LogP contribution in [0.5, 0.6) is 0 Å². The van der Waals surface area contributed by atoms with Crippen molar-refractivity contribution in [3.8, 4) is 0 Å². The molecule has 11 heavy (non-hydrogen) atoms. The molecule has 5 atom stereocenters. The second-order valence-electron chi connectivity index (χ2n) is 3.00. The maximum absolute atomic E-state index is 9.20. The summed E-state index contributed by atoms with van der Waals surface area (Å²) >= 11 is 0. The van der Waals surface area contributed by atoms with Crippen molar-refractivity contribution >= 4 is 0 Å². The molecular weight excluding hydrogens is 148 g/mol. The summed E-state index contributed by atoms with van der Waals surface area (Å²) in [7, 11) is 1.63. The zero-order valence-electron chi connectivity index (χ0n) is 6.56. The molecule has 0 radical (unpaired) electrons. The van der Waals surface area contributed by atoms with E-state index in [9.17, 15) is 5.11 Å². The molecule has 2 saturated heterocycles. The van der Waals surface area contributed by atoms with Gasteiger partial charge in [-0.05, 0) is 6.92 Å². The van der Waals surface area contributed by atoms with Gasteiger partial charge in [-0.2, -0.15) is 0 Å². The number of hydrogen-bond acceptors (Lipinski definition) is 4. The number of methoxy groups -OCH3 is 1. The van der Waals surface area contributed by atoms with Crippen molar-refractivity contribution in [3.05, 3.63) is 0 Å². The molecule has 0 aliphatic carbocycles. The van der Waals surface area contributed by atoms with Crippen LogP contribution in [0.1, 0.15) is 6.92 Å². The molecule has 0 amide bonds. The van der Waals surface area contributed by atoms with E-state index in [1.54, 1.807) is 7.11 Å². The molecule has 0 aromatic heterocycles. The van der Waals surface area contributed by atoms with E-state index in [1.807, 2.05) is 6.92 Å². The zero-order valence-corrected chi connectivity index (χ0v) is 6.56. The molecule has 1 N–H and O–H groups in total. The predicted molar refractivity (Wildman–Crippen MR) is 36.0 cm³/mol. The van der Waals surface area contributed by atoms with Crippen LogP contribution >= 0.6 is 0 Å². The number of ether oxygens (including phenoxy) is 3. The van der Waals surface area contributed by atoms with Crippen LogP contribution in [0.2, 0.25) is 0 Å². The normalized spacial score (nSPS) is 55.4. The lowest BCUT2D eigenvalue weighted by Gasteiger charge is -2.27. The standard InChI is InChI=1S/C7H12O4/c1-3-4(9-2)5-6(11-5)7(8)10-3/h3-8H,1-2H3/t3-,4+,5-,6-,7+/m1/s1. The Balaban J connectivity index is 2.03. The van der Waals surface area contributed by atoms with Crippen LogP contribution in [0.3, 0.4) is 0 Å². The Hall–Kier alpha value is -0.160. The molecule has 0 aromatic rings. The van der Waals surface area contributed by atoms with Gasteiger partial charge in [0.2, 0.25) is 0 Å². The van der Waals surface area contributed by atoms with Gasteiger partial charge in [0.05, 0.1) is 6.10 Å². The summed E-state index contributed by atoms with van der Waals surface area (Å²) in [6.45, 7) is 1.87. The second-order valence-corrected chi connectivity index (χ2v) is 3.00. The molecule has 2 aliphatic rings. The van der Waals surface area contributed by atoms with Crippen LogP contribution in [-0.2, 0) is 14.2 Å². The second kappa shape index (κ2) is 2.42. The van der Waals surface area contributed by atoms with Crippen LogP contribution in [0.15, 0.2) is 0 Å². The highest BCUT2D eigenvalue weighted by molar-refractivity contribution is 4.99. The lowest BCUT2D eigenvalue weighted by molar-refractivity contribution is -0.184. The molecule has 4 nitrogen and oxygen atoms in total. The molecule has 0 saturated carbocycles. The van der Waals surface area contributed by atoms with Crippen molar-refractivity contribution in [2.75, 3.05) is 7.11 Å². The summed E-state index contributed by atoms with van der Waals surface area (Å²) in [6.07, 6.45) is -0.988. The Labute approximate surface area is 65.1 Å². The van der Waals surface area contributed by atoms with Gasteiger partial charge in [-0.15, -0.1) is 0 Å². The fraction of sp³-hybridized carbons (Fsp3) is 1.00. The third-order valence-electron chi connectivity index (χ3n) is 2.26. The minimum atomic E-state index is -0.763. The fourth-order valence-electron chi connectivity index (χ4n) is 1.60. The van der Waals surface area contributed by atoms with Crippen molar-refractivity contribution in [1.82, 2.24) is 0 Å². The largest absolute Gasteiger partial charge is 0.376 e. The highest BCUT2D eigenvalue weighted by atomic mass is 16.7. The summed E-state index contributed by atoms with van der Waals surface area (Å²) < 4.78 is 15.5. The maximum atomic E-state index is 9.20. The first-order valence-corrected chi connectivity index (χ1v) is 3.76. The van der Waals surface area contributed by atoms with Crippen LogP contribution in [-0.4, -0.2) is 42.9 Å². The summed E-state index contributed by atoms with van der Waals surface area (Å²) in [5.74, 6) is 0. The minimum absolute atomic E-state index is 0.0246. The zero-order chi connectivity index (χ0) is 8.01. The van der Waals surface area contributed by atoms with Crippen LogP contribution < -0.4 is 0 Å². The first kappa shape index (κ1) is 7.49. The molecule has 2 heterocycles. The Morgan fingerprint density at radius 2 is 2.00 bits per heavy atom. The van der Waals surface area contributed by atoms with E-state index < -0.39 is 6.29 Å². The lowest BCUT2D eigenvalue weighted by Crippen LogP contribution is -2.44. The number of rotatable bonds is 1. The first-order valence-electron chi connectivity index (χ1n) is 3.76. The molecule has 2 rings (SSSR count). The van der Waals surface area contributed by atoms with E-state index >= 15 is 0 Å².